The Morgan fingerprint density at radius 3 is 2.50 bits per heavy atom. The molecule has 2 aliphatic rings. The average molecular weight is 242 g/mol. The first kappa shape index (κ1) is 13.1. The Morgan fingerprint density at radius 2 is 1.83 bits per heavy atom. The van der Waals surface area contributed by atoms with Gasteiger partial charge >= 0.3 is 0 Å². The highest BCUT2D eigenvalue weighted by Crippen LogP contribution is 2.33. The van der Waals surface area contributed by atoms with Crippen molar-refractivity contribution in [2.45, 2.75) is 39.5 Å². The zero-order chi connectivity index (χ0) is 13.1. The van der Waals surface area contributed by atoms with Crippen LogP contribution in [0.5, 0.6) is 0 Å². The van der Waals surface area contributed by atoms with Crippen molar-refractivity contribution < 1.29 is 5.11 Å². The summed E-state index contributed by atoms with van der Waals surface area (Å²) < 4.78 is 0. The number of hydrogen-bond donors (Lipinski definition) is 1. The largest absolute Gasteiger partial charge is 0.396 e. The maximum Gasteiger partial charge on any atom is 0.0434 e. The van der Waals surface area contributed by atoms with Gasteiger partial charge in [0.15, 0.2) is 0 Å². The molecule has 0 saturated carbocycles. The van der Waals surface area contributed by atoms with Crippen LogP contribution in [0.4, 0.5) is 0 Å². The van der Waals surface area contributed by atoms with Gasteiger partial charge < -0.3 is 5.11 Å². The van der Waals surface area contributed by atoms with Gasteiger partial charge in [-0.2, -0.15) is 0 Å². The summed E-state index contributed by atoms with van der Waals surface area (Å²) in [5.74, 6) is 0.542. The van der Waals surface area contributed by atoms with Crippen LogP contribution in [0.3, 0.4) is 0 Å². The second-order valence-electron chi connectivity index (χ2n) is 5.33. The van der Waals surface area contributed by atoms with E-state index in [1.165, 1.54) is 27.8 Å². The zero-order valence-corrected chi connectivity index (χ0v) is 11.5. The lowest BCUT2D eigenvalue weighted by Crippen LogP contribution is -1.90. The molecule has 0 heterocycles. The molecule has 96 valence electrons. The van der Waals surface area contributed by atoms with E-state index < -0.39 is 0 Å². The Hall–Kier alpha value is -1.34. The second kappa shape index (κ2) is 5.53. The van der Waals surface area contributed by atoms with E-state index in [2.05, 4.69) is 51.1 Å². The van der Waals surface area contributed by atoms with E-state index >= 15 is 0 Å². The Balaban J connectivity index is 2.52. The molecule has 0 spiro atoms. The minimum absolute atomic E-state index is 0.261. The van der Waals surface area contributed by atoms with E-state index in [9.17, 15) is 0 Å². The lowest BCUT2D eigenvalue weighted by atomic mass is 10.0. The van der Waals surface area contributed by atoms with Crippen LogP contribution < -0.4 is 0 Å². The Bertz CT molecular complexity index is 499. The number of hydrogen-bond acceptors (Lipinski definition) is 1. The van der Waals surface area contributed by atoms with Crippen LogP contribution in [0.15, 0.2) is 30.3 Å². The summed E-state index contributed by atoms with van der Waals surface area (Å²) in [7, 11) is 0. The third kappa shape index (κ3) is 2.56. The SMILES string of the molecule is Cc1ccc2c(CCCO)ccc(C(C)C)cc1-2. The molecule has 0 aliphatic heterocycles. The fraction of sp³-hybridized carbons (Fsp3) is 0.412. The predicted molar refractivity (Wildman–Crippen MR) is 77.3 cm³/mol. The molecule has 1 N–H and O–H groups in total. The van der Waals surface area contributed by atoms with Crippen LogP contribution in [-0.2, 0) is 6.42 Å². The highest BCUT2D eigenvalue weighted by Gasteiger charge is 2.11. The van der Waals surface area contributed by atoms with Crippen molar-refractivity contribution in [3.63, 3.8) is 0 Å². The highest BCUT2D eigenvalue weighted by atomic mass is 16.2. The smallest absolute Gasteiger partial charge is 0.0434 e. The molecular formula is C17H22O. The van der Waals surface area contributed by atoms with Gasteiger partial charge in [0, 0.05) is 6.61 Å². The minimum Gasteiger partial charge on any atom is -0.396 e. The normalized spacial score (nSPS) is 11.4. The van der Waals surface area contributed by atoms with Gasteiger partial charge in [0.2, 0.25) is 0 Å². The number of aliphatic hydroxyl groups is 1. The van der Waals surface area contributed by atoms with Gasteiger partial charge in [-0.15, -0.1) is 0 Å². The average Bonchev–Trinajstić information content (AvgIpc) is 2.60. The van der Waals surface area contributed by atoms with E-state index in [0.717, 1.165) is 12.8 Å². The van der Waals surface area contributed by atoms with E-state index in [0.29, 0.717) is 5.92 Å². The molecule has 0 amide bonds. The van der Waals surface area contributed by atoms with Gasteiger partial charge in [-0.05, 0) is 53.5 Å². The molecule has 0 fully saturated rings. The van der Waals surface area contributed by atoms with Crippen LogP contribution >= 0.6 is 0 Å². The van der Waals surface area contributed by atoms with Crippen LogP contribution in [0.25, 0.3) is 11.1 Å². The molecule has 0 aromatic rings. The quantitative estimate of drug-likeness (QED) is 0.854. The predicted octanol–water partition coefficient (Wildman–Crippen LogP) is 4.15. The van der Waals surface area contributed by atoms with E-state index in [-0.39, 0.29) is 6.61 Å². The van der Waals surface area contributed by atoms with Gasteiger partial charge in [-0.25, -0.2) is 0 Å². The van der Waals surface area contributed by atoms with Crippen molar-refractivity contribution in [2.24, 2.45) is 0 Å². The number of rotatable bonds is 4. The standard InChI is InChI=1S/C17H22O/c1-12(2)15-8-7-14(5-4-10-18)16-9-6-13(3)17(16)11-15/h6-9,11-12,18H,4-5,10H2,1-3H3. The third-order valence-corrected chi connectivity index (χ3v) is 3.62. The van der Waals surface area contributed by atoms with Gasteiger partial charge in [0.1, 0.15) is 0 Å². The monoisotopic (exact) mass is 242 g/mol. The number of aryl methyl sites for hydroxylation is 2. The summed E-state index contributed by atoms with van der Waals surface area (Å²) in [6, 6.07) is 11.2. The number of aliphatic hydroxyl groups excluding tert-OH is 1. The zero-order valence-electron chi connectivity index (χ0n) is 11.5. The molecule has 0 saturated heterocycles. The van der Waals surface area contributed by atoms with Crippen LogP contribution in [0.1, 0.15) is 42.9 Å². The minimum atomic E-state index is 0.261. The topological polar surface area (TPSA) is 20.2 Å². The molecule has 1 nitrogen and oxygen atoms in total. The molecule has 2 rings (SSSR count). The first-order valence-corrected chi connectivity index (χ1v) is 6.76. The molecule has 1 heteroatoms. The van der Waals surface area contributed by atoms with E-state index in [1.807, 2.05) is 0 Å². The van der Waals surface area contributed by atoms with Gasteiger partial charge in [-0.3, -0.25) is 0 Å². The summed E-state index contributed by atoms with van der Waals surface area (Å²) in [6.07, 6.45) is 1.78. The maximum atomic E-state index is 9.01. The van der Waals surface area contributed by atoms with Crippen molar-refractivity contribution in [2.75, 3.05) is 6.61 Å². The first-order valence-electron chi connectivity index (χ1n) is 6.76. The molecule has 0 aromatic carbocycles. The first-order chi connectivity index (χ1) is 8.63. The molecule has 0 unspecified atom stereocenters. The summed E-state index contributed by atoms with van der Waals surface area (Å²) >= 11 is 0. The van der Waals surface area contributed by atoms with Gasteiger partial charge in [0.25, 0.3) is 0 Å². The molecule has 2 aliphatic carbocycles. The second-order valence-corrected chi connectivity index (χ2v) is 5.33. The van der Waals surface area contributed by atoms with Crippen LogP contribution in [0.2, 0.25) is 0 Å². The van der Waals surface area contributed by atoms with Crippen molar-refractivity contribution in [3.05, 3.63) is 47.0 Å². The van der Waals surface area contributed by atoms with Gasteiger partial charge in [0.05, 0.1) is 0 Å². The van der Waals surface area contributed by atoms with Gasteiger partial charge in [-0.1, -0.05) is 44.2 Å². The van der Waals surface area contributed by atoms with Crippen LogP contribution in [-0.4, -0.2) is 11.7 Å². The Labute approximate surface area is 110 Å². The third-order valence-electron chi connectivity index (χ3n) is 3.62. The Kier molecular flexibility index (Phi) is 4.03. The Morgan fingerprint density at radius 1 is 1.06 bits per heavy atom. The molecule has 0 bridgehead atoms. The van der Waals surface area contributed by atoms with Crippen molar-refractivity contribution >= 4 is 0 Å². The molecule has 0 aromatic heterocycles. The lowest BCUT2D eigenvalue weighted by molar-refractivity contribution is 0.288. The maximum absolute atomic E-state index is 9.01. The van der Waals surface area contributed by atoms with E-state index in [1.54, 1.807) is 0 Å². The fourth-order valence-corrected chi connectivity index (χ4v) is 2.42. The van der Waals surface area contributed by atoms with Crippen molar-refractivity contribution in [1.82, 2.24) is 0 Å². The van der Waals surface area contributed by atoms with E-state index in [4.69, 9.17) is 5.11 Å². The summed E-state index contributed by atoms with van der Waals surface area (Å²) in [6.45, 7) is 6.89. The highest BCUT2D eigenvalue weighted by molar-refractivity contribution is 5.74. The summed E-state index contributed by atoms with van der Waals surface area (Å²) in [5.41, 5.74) is 6.77. The molecule has 0 atom stereocenters. The summed E-state index contributed by atoms with van der Waals surface area (Å²) in [4.78, 5) is 0. The summed E-state index contributed by atoms with van der Waals surface area (Å²) in [5, 5.41) is 9.01. The van der Waals surface area contributed by atoms with Crippen LogP contribution in [0, 0.1) is 6.92 Å². The lowest BCUT2D eigenvalue weighted by Gasteiger charge is -2.04. The fourth-order valence-electron chi connectivity index (χ4n) is 2.42. The van der Waals surface area contributed by atoms with Crippen molar-refractivity contribution in [1.29, 1.82) is 0 Å². The molecule has 0 radical (unpaired) electrons. The molecular weight excluding hydrogens is 220 g/mol. The number of fused-ring (bicyclic) bond motifs is 1. The van der Waals surface area contributed by atoms with Crippen molar-refractivity contribution in [3.8, 4) is 11.1 Å². The molecule has 18 heavy (non-hydrogen) atoms.